The van der Waals surface area contributed by atoms with Crippen molar-refractivity contribution in [2.45, 2.75) is 71.0 Å². The summed E-state index contributed by atoms with van der Waals surface area (Å²) in [6.45, 7) is 6.29. The van der Waals surface area contributed by atoms with E-state index in [9.17, 15) is 9.59 Å². The third-order valence-corrected chi connectivity index (χ3v) is 6.80. The van der Waals surface area contributed by atoms with E-state index in [1.54, 1.807) is 17.2 Å². The lowest BCUT2D eigenvalue weighted by Gasteiger charge is -2.44. The van der Waals surface area contributed by atoms with E-state index in [1.165, 1.54) is 6.42 Å². The molecule has 0 spiro atoms. The molecule has 1 saturated carbocycles. The molecule has 6 nitrogen and oxygen atoms in total. The van der Waals surface area contributed by atoms with Crippen molar-refractivity contribution < 1.29 is 14.0 Å². The van der Waals surface area contributed by atoms with Crippen LogP contribution in [0.5, 0.6) is 0 Å². The van der Waals surface area contributed by atoms with Gasteiger partial charge >= 0.3 is 0 Å². The van der Waals surface area contributed by atoms with Crippen LogP contribution >= 0.6 is 0 Å². The summed E-state index contributed by atoms with van der Waals surface area (Å²) in [4.78, 5) is 29.2. The van der Waals surface area contributed by atoms with Crippen LogP contribution in [-0.2, 0) is 11.3 Å². The second kappa shape index (κ2) is 7.29. The second-order valence-electron chi connectivity index (χ2n) is 9.35. The minimum atomic E-state index is -1.05. The van der Waals surface area contributed by atoms with Gasteiger partial charge in [-0.15, -0.1) is 0 Å². The van der Waals surface area contributed by atoms with Crippen molar-refractivity contribution in [3.63, 3.8) is 0 Å². The fraction of sp³-hybridized carbons (Fsp3) is 0.440. The Bertz CT molecular complexity index is 1150. The molecular formula is C25H29N3O3. The number of aromatic nitrogens is 1. The van der Waals surface area contributed by atoms with E-state index in [1.807, 2.05) is 43.5 Å². The van der Waals surface area contributed by atoms with Gasteiger partial charge in [-0.3, -0.25) is 14.5 Å². The monoisotopic (exact) mass is 419 g/mol. The first-order valence-electron chi connectivity index (χ1n) is 11.2. The quantitative estimate of drug-likeness (QED) is 0.668. The molecule has 1 aliphatic carbocycles. The SMILES string of the molecule is Cc1cc(C)cc(N2C(=O)c3cc4occc4n3CC2(C)C(=O)NC2CCCCC2)c1. The van der Waals surface area contributed by atoms with Crippen LogP contribution < -0.4 is 10.2 Å². The molecule has 0 saturated heterocycles. The molecule has 1 fully saturated rings. The van der Waals surface area contributed by atoms with Gasteiger partial charge in [0.2, 0.25) is 5.91 Å². The maximum atomic E-state index is 13.8. The van der Waals surface area contributed by atoms with Crippen molar-refractivity contribution in [1.82, 2.24) is 9.88 Å². The summed E-state index contributed by atoms with van der Waals surface area (Å²) in [6.07, 6.45) is 7.12. The molecule has 31 heavy (non-hydrogen) atoms. The highest BCUT2D eigenvalue weighted by Gasteiger charge is 2.49. The molecule has 2 aliphatic rings. The number of furan rings is 1. The Kier molecular flexibility index (Phi) is 4.68. The highest BCUT2D eigenvalue weighted by molar-refractivity contribution is 6.13. The number of carbonyl (C=O) groups excluding carboxylic acids is 2. The van der Waals surface area contributed by atoms with Gasteiger partial charge in [-0.2, -0.15) is 0 Å². The van der Waals surface area contributed by atoms with E-state index in [4.69, 9.17) is 4.42 Å². The topological polar surface area (TPSA) is 67.5 Å². The number of hydrogen-bond acceptors (Lipinski definition) is 3. The lowest BCUT2D eigenvalue weighted by Crippen LogP contribution is -2.65. The van der Waals surface area contributed by atoms with Gasteiger partial charge in [0.25, 0.3) is 5.91 Å². The van der Waals surface area contributed by atoms with Crippen molar-refractivity contribution in [3.8, 4) is 0 Å². The van der Waals surface area contributed by atoms with Crippen molar-refractivity contribution in [2.24, 2.45) is 0 Å². The number of fused-ring (bicyclic) bond motifs is 3. The molecule has 6 heteroatoms. The van der Waals surface area contributed by atoms with Crippen LogP contribution in [0.1, 0.15) is 60.6 Å². The zero-order valence-corrected chi connectivity index (χ0v) is 18.4. The van der Waals surface area contributed by atoms with Crippen LogP contribution in [0.25, 0.3) is 11.1 Å². The van der Waals surface area contributed by atoms with Crippen LogP contribution in [0.2, 0.25) is 0 Å². The van der Waals surface area contributed by atoms with Crippen LogP contribution in [0.3, 0.4) is 0 Å². The van der Waals surface area contributed by atoms with Crippen molar-refractivity contribution >= 4 is 28.6 Å². The largest absolute Gasteiger partial charge is 0.463 e. The Balaban J connectivity index is 1.62. The van der Waals surface area contributed by atoms with E-state index >= 15 is 0 Å². The molecule has 0 radical (unpaired) electrons. The average Bonchev–Trinajstić information content (AvgIpc) is 3.30. The molecule has 1 atom stereocenters. The molecule has 1 N–H and O–H groups in total. The minimum absolute atomic E-state index is 0.0945. The third kappa shape index (κ3) is 3.25. The Morgan fingerprint density at radius 2 is 1.81 bits per heavy atom. The van der Waals surface area contributed by atoms with Crippen molar-refractivity contribution in [2.75, 3.05) is 4.90 Å². The highest BCUT2D eigenvalue weighted by atomic mass is 16.3. The molecule has 162 valence electrons. The number of anilines is 1. The summed E-state index contributed by atoms with van der Waals surface area (Å²) in [7, 11) is 0. The van der Waals surface area contributed by atoms with E-state index in [0.717, 1.165) is 48.0 Å². The van der Waals surface area contributed by atoms with E-state index in [2.05, 4.69) is 11.4 Å². The molecule has 3 heterocycles. The molecule has 1 unspecified atom stereocenters. The number of aryl methyl sites for hydroxylation is 2. The lowest BCUT2D eigenvalue weighted by atomic mass is 9.90. The first kappa shape index (κ1) is 19.9. The van der Waals surface area contributed by atoms with Crippen molar-refractivity contribution in [1.29, 1.82) is 0 Å². The summed E-state index contributed by atoms with van der Waals surface area (Å²) in [5, 5.41) is 3.27. The number of carbonyl (C=O) groups is 2. The molecule has 0 bridgehead atoms. The Morgan fingerprint density at radius 3 is 2.52 bits per heavy atom. The predicted molar refractivity (Wildman–Crippen MR) is 120 cm³/mol. The van der Waals surface area contributed by atoms with E-state index in [-0.39, 0.29) is 17.9 Å². The molecule has 3 aromatic rings. The molecule has 2 aromatic heterocycles. The van der Waals surface area contributed by atoms with E-state index in [0.29, 0.717) is 17.8 Å². The molecular weight excluding hydrogens is 390 g/mol. The van der Waals surface area contributed by atoms with Gasteiger partial charge in [-0.1, -0.05) is 25.3 Å². The second-order valence-corrected chi connectivity index (χ2v) is 9.35. The fourth-order valence-corrected chi connectivity index (χ4v) is 5.28. The normalized spacial score (nSPS) is 22.0. The van der Waals surface area contributed by atoms with Crippen LogP contribution in [0.15, 0.2) is 41.0 Å². The summed E-state index contributed by atoms with van der Waals surface area (Å²) in [5.41, 5.74) is 3.90. The Hall–Kier alpha value is -3.02. The number of benzene rings is 1. The van der Waals surface area contributed by atoms with Gasteiger partial charge in [-0.05, 0) is 56.9 Å². The molecule has 1 aromatic carbocycles. The Labute approximate surface area is 182 Å². The van der Waals surface area contributed by atoms with Gasteiger partial charge in [-0.25, -0.2) is 0 Å². The fourth-order valence-electron chi connectivity index (χ4n) is 5.28. The number of nitrogens with zero attached hydrogens (tertiary/aromatic N) is 2. The van der Waals surface area contributed by atoms with Crippen LogP contribution in [-0.4, -0.2) is 28.0 Å². The predicted octanol–water partition coefficient (Wildman–Crippen LogP) is 4.72. The lowest BCUT2D eigenvalue weighted by molar-refractivity contribution is -0.127. The number of hydrogen-bond donors (Lipinski definition) is 1. The zero-order valence-electron chi connectivity index (χ0n) is 18.4. The minimum Gasteiger partial charge on any atom is -0.463 e. The van der Waals surface area contributed by atoms with Gasteiger partial charge in [0.15, 0.2) is 5.58 Å². The summed E-state index contributed by atoms with van der Waals surface area (Å²) in [5.74, 6) is -0.271. The molecule has 1 aliphatic heterocycles. The molecule has 2 amide bonds. The summed E-state index contributed by atoms with van der Waals surface area (Å²) in [6, 6.07) is 9.87. The van der Waals surface area contributed by atoms with E-state index < -0.39 is 5.54 Å². The van der Waals surface area contributed by atoms with Gasteiger partial charge in [0.05, 0.1) is 18.3 Å². The summed E-state index contributed by atoms with van der Waals surface area (Å²) < 4.78 is 7.49. The highest BCUT2D eigenvalue weighted by Crippen LogP contribution is 2.37. The summed E-state index contributed by atoms with van der Waals surface area (Å²) >= 11 is 0. The first-order chi connectivity index (χ1) is 14.9. The standard InChI is InChI=1S/C25H29N3O3/c1-16-11-17(2)13-19(12-16)28-23(29)21-14-22-20(9-10-31-22)27(21)15-25(28,3)24(30)26-18-7-5-4-6-8-18/h9-14,18H,4-8,15H2,1-3H3,(H,26,30). The Morgan fingerprint density at radius 1 is 1.10 bits per heavy atom. The third-order valence-electron chi connectivity index (χ3n) is 6.80. The van der Waals surface area contributed by atoms with Gasteiger partial charge in [0.1, 0.15) is 11.2 Å². The average molecular weight is 420 g/mol. The number of rotatable bonds is 3. The van der Waals surface area contributed by atoms with Crippen LogP contribution in [0.4, 0.5) is 5.69 Å². The van der Waals surface area contributed by atoms with Gasteiger partial charge in [0, 0.05) is 23.9 Å². The smallest absolute Gasteiger partial charge is 0.276 e. The number of nitrogens with one attached hydrogen (secondary N) is 1. The first-order valence-corrected chi connectivity index (χ1v) is 11.2. The van der Waals surface area contributed by atoms with Crippen LogP contribution in [0, 0.1) is 13.8 Å². The zero-order chi connectivity index (χ0) is 21.8. The van der Waals surface area contributed by atoms with Crippen molar-refractivity contribution in [3.05, 3.63) is 53.4 Å². The molecule has 5 rings (SSSR count). The maximum absolute atomic E-state index is 13.8. The maximum Gasteiger partial charge on any atom is 0.276 e. The van der Waals surface area contributed by atoms with Gasteiger partial charge < -0.3 is 14.3 Å². The number of amides is 2.